The summed E-state index contributed by atoms with van der Waals surface area (Å²) in [7, 11) is 0. The number of carbonyl (C=O) groups excluding carboxylic acids is 1. The Balaban J connectivity index is 1.86. The molecule has 160 valence electrons. The maximum absolute atomic E-state index is 12.8. The molecule has 0 saturated carbocycles. The van der Waals surface area contributed by atoms with Gasteiger partial charge >= 0.3 is 0 Å². The quantitative estimate of drug-likeness (QED) is 0.530. The molecular weight excluding hydrogens is 394 g/mol. The number of nitrogens with zero attached hydrogens (tertiary/aromatic N) is 5. The Morgan fingerprint density at radius 3 is 2.48 bits per heavy atom. The summed E-state index contributed by atoms with van der Waals surface area (Å²) in [5.41, 5.74) is 3.24. The fraction of sp³-hybridized carbons (Fsp3) is 0.318. The van der Waals surface area contributed by atoms with Crippen LogP contribution in [-0.4, -0.2) is 35.4 Å². The molecule has 0 saturated heterocycles. The van der Waals surface area contributed by atoms with Crippen molar-refractivity contribution in [3.8, 4) is 11.6 Å². The number of aromatic nitrogens is 6. The first-order valence-electron chi connectivity index (χ1n) is 9.99. The Hall–Kier alpha value is -3.75. The highest BCUT2D eigenvalue weighted by atomic mass is 16.2. The lowest BCUT2D eigenvalue weighted by molar-refractivity contribution is -0.123. The summed E-state index contributed by atoms with van der Waals surface area (Å²) in [6.45, 7) is 11.3. The minimum absolute atomic E-state index is 0.169. The number of aromatic amines is 1. The molecule has 0 bridgehead atoms. The van der Waals surface area contributed by atoms with Crippen molar-refractivity contribution in [2.24, 2.45) is 5.41 Å². The van der Waals surface area contributed by atoms with E-state index >= 15 is 0 Å². The van der Waals surface area contributed by atoms with Crippen molar-refractivity contribution >= 4 is 22.8 Å². The maximum atomic E-state index is 12.8. The van der Waals surface area contributed by atoms with E-state index < -0.39 is 5.41 Å². The van der Waals surface area contributed by atoms with Gasteiger partial charge in [-0.2, -0.15) is 19.9 Å². The molecule has 0 fully saturated rings. The van der Waals surface area contributed by atoms with Gasteiger partial charge in [-0.1, -0.05) is 26.8 Å². The van der Waals surface area contributed by atoms with Gasteiger partial charge in [-0.05, 0) is 44.0 Å². The van der Waals surface area contributed by atoms with Gasteiger partial charge in [-0.25, -0.2) is 4.68 Å². The monoisotopic (exact) mass is 419 g/mol. The van der Waals surface area contributed by atoms with E-state index in [-0.39, 0.29) is 17.4 Å². The number of hydrogen-bond donors (Lipinski definition) is 2. The Kier molecular flexibility index (Phi) is 4.76. The highest BCUT2D eigenvalue weighted by molar-refractivity contribution is 5.94. The Labute approximate surface area is 179 Å². The van der Waals surface area contributed by atoms with Crippen molar-refractivity contribution in [2.75, 3.05) is 5.32 Å². The van der Waals surface area contributed by atoms with E-state index in [2.05, 4.69) is 25.5 Å². The normalized spacial score (nSPS) is 11.8. The predicted molar refractivity (Wildman–Crippen MR) is 119 cm³/mol. The van der Waals surface area contributed by atoms with Crippen LogP contribution in [-0.2, 0) is 4.79 Å². The number of amides is 1. The number of nitrogens with one attached hydrogen (secondary N) is 2. The van der Waals surface area contributed by atoms with Crippen LogP contribution in [0.3, 0.4) is 0 Å². The Morgan fingerprint density at radius 1 is 1.06 bits per heavy atom. The molecule has 2 N–H and O–H groups in total. The van der Waals surface area contributed by atoms with Gasteiger partial charge in [0.25, 0.3) is 5.56 Å². The maximum Gasteiger partial charge on any atom is 0.263 e. The highest BCUT2D eigenvalue weighted by Crippen LogP contribution is 2.21. The smallest absolute Gasteiger partial charge is 0.263 e. The summed E-state index contributed by atoms with van der Waals surface area (Å²) in [5.74, 6) is 0.454. The molecule has 31 heavy (non-hydrogen) atoms. The summed E-state index contributed by atoms with van der Waals surface area (Å²) in [4.78, 5) is 32.6. The topological polar surface area (TPSA) is 110 Å². The van der Waals surface area contributed by atoms with Crippen LogP contribution in [0.2, 0.25) is 0 Å². The SMILES string of the molecule is Cc1cc(NC(=O)C(C)(C)C)n(-c2nc3c(cnn3-c3ccc(C)c(C)c3)c(=O)[nH]2)n1. The lowest BCUT2D eigenvalue weighted by Gasteiger charge is -2.17. The fourth-order valence-electron chi connectivity index (χ4n) is 3.11. The summed E-state index contributed by atoms with van der Waals surface area (Å²) < 4.78 is 3.06. The number of benzene rings is 1. The third-order valence-corrected chi connectivity index (χ3v) is 5.12. The second kappa shape index (κ2) is 7.19. The van der Waals surface area contributed by atoms with E-state index in [0.29, 0.717) is 22.5 Å². The number of aryl methyl sites for hydroxylation is 3. The number of H-pyrrole nitrogens is 1. The first-order chi connectivity index (χ1) is 14.5. The van der Waals surface area contributed by atoms with Gasteiger partial charge in [-0.15, -0.1) is 0 Å². The van der Waals surface area contributed by atoms with Crippen LogP contribution < -0.4 is 10.9 Å². The van der Waals surface area contributed by atoms with Crippen LogP contribution in [0.5, 0.6) is 0 Å². The molecule has 0 aliphatic carbocycles. The van der Waals surface area contributed by atoms with Gasteiger partial charge in [-0.3, -0.25) is 14.6 Å². The largest absolute Gasteiger partial charge is 0.310 e. The Morgan fingerprint density at radius 2 is 1.81 bits per heavy atom. The number of anilines is 1. The molecular formula is C22H25N7O2. The molecule has 0 unspecified atom stereocenters. The van der Waals surface area contributed by atoms with Crippen molar-refractivity contribution in [2.45, 2.75) is 41.5 Å². The van der Waals surface area contributed by atoms with Crippen LogP contribution in [0.4, 0.5) is 5.82 Å². The van der Waals surface area contributed by atoms with Gasteiger partial charge < -0.3 is 5.32 Å². The van der Waals surface area contributed by atoms with E-state index in [1.165, 1.54) is 10.9 Å². The molecule has 0 spiro atoms. The van der Waals surface area contributed by atoms with Crippen molar-refractivity contribution in [3.05, 3.63) is 57.6 Å². The molecule has 0 atom stereocenters. The zero-order valence-corrected chi connectivity index (χ0v) is 18.4. The van der Waals surface area contributed by atoms with E-state index in [1.807, 2.05) is 52.8 Å². The van der Waals surface area contributed by atoms with Crippen LogP contribution in [0, 0.1) is 26.2 Å². The van der Waals surface area contributed by atoms with Gasteiger partial charge in [0, 0.05) is 11.5 Å². The third-order valence-electron chi connectivity index (χ3n) is 5.12. The predicted octanol–water partition coefficient (Wildman–Crippen LogP) is 3.20. The molecule has 4 aromatic rings. The lowest BCUT2D eigenvalue weighted by Crippen LogP contribution is -2.29. The Bertz CT molecular complexity index is 1370. The van der Waals surface area contributed by atoms with Gasteiger partial charge in [0.2, 0.25) is 11.9 Å². The average molecular weight is 419 g/mol. The summed E-state index contributed by atoms with van der Waals surface area (Å²) in [6.07, 6.45) is 1.50. The van der Waals surface area contributed by atoms with Crippen molar-refractivity contribution in [3.63, 3.8) is 0 Å². The van der Waals surface area contributed by atoms with Crippen molar-refractivity contribution in [1.82, 2.24) is 29.5 Å². The fourth-order valence-corrected chi connectivity index (χ4v) is 3.11. The first-order valence-corrected chi connectivity index (χ1v) is 9.99. The minimum Gasteiger partial charge on any atom is -0.310 e. The van der Waals surface area contributed by atoms with Gasteiger partial charge in [0.1, 0.15) is 11.2 Å². The standard InChI is InChI=1S/C22H25N7O2/c1-12-7-8-15(9-13(12)2)28-18-16(11-23-28)19(30)26-21(25-18)29-17(10-14(3)27-29)24-20(31)22(4,5)6/h7-11H,1-6H3,(H,24,31)(H,25,26,30). The molecule has 1 aromatic carbocycles. The lowest BCUT2D eigenvalue weighted by atomic mass is 9.96. The molecule has 3 aromatic heterocycles. The molecule has 4 rings (SSSR count). The van der Waals surface area contributed by atoms with Gasteiger partial charge in [0.05, 0.1) is 17.6 Å². The minimum atomic E-state index is -0.588. The molecule has 9 heteroatoms. The molecule has 0 aliphatic rings. The molecule has 9 nitrogen and oxygen atoms in total. The van der Waals surface area contributed by atoms with Crippen molar-refractivity contribution in [1.29, 1.82) is 0 Å². The number of hydrogen-bond acceptors (Lipinski definition) is 5. The van der Waals surface area contributed by atoms with Crippen molar-refractivity contribution < 1.29 is 4.79 Å². The summed E-state index contributed by atoms with van der Waals surface area (Å²) in [6, 6.07) is 7.67. The van der Waals surface area contributed by atoms with Crippen LogP contribution in [0.25, 0.3) is 22.7 Å². The second-order valence-electron chi connectivity index (χ2n) is 8.74. The number of carbonyl (C=O) groups is 1. The zero-order valence-electron chi connectivity index (χ0n) is 18.4. The average Bonchev–Trinajstić information content (AvgIpc) is 3.27. The molecule has 0 aliphatic heterocycles. The van der Waals surface area contributed by atoms with E-state index in [0.717, 1.165) is 16.8 Å². The first kappa shape index (κ1) is 20.5. The summed E-state index contributed by atoms with van der Waals surface area (Å²) >= 11 is 0. The molecule has 1 amide bonds. The summed E-state index contributed by atoms with van der Waals surface area (Å²) in [5, 5.41) is 12.0. The van der Waals surface area contributed by atoms with E-state index in [9.17, 15) is 9.59 Å². The van der Waals surface area contributed by atoms with Crippen LogP contribution >= 0.6 is 0 Å². The number of rotatable bonds is 3. The number of fused-ring (bicyclic) bond motifs is 1. The van der Waals surface area contributed by atoms with Crippen LogP contribution in [0.15, 0.2) is 35.3 Å². The van der Waals surface area contributed by atoms with E-state index in [4.69, 9.17) is 0 Å². The van der Waals surface area contributed by atoms with Crippen LogP contribution in [0.1, 0.15) is 37.6 Å². The highest BCUT2D eigenvalue weighted by Gasteiger charge is 2.24. The van der Waals surface area contributed by atoms with E-state index in [1.54, 1.807) is 17.7 Å². The molecule has 3 heterocycles. The zero-order chi connectivity index (χ0) is 22.5. The molecule has 0 radical (unpaired) electrons. The third kappa shape index (κ3) is 3.74. The van der Waals surface area contributed by atoms with Gasteiger partial charge in [0.15, 0.2) is 5.65 Å². The second-order valence-corrected chi connectivity index (χ2v) is 8.74.